The van der Waals surface area contributed by atoms with Crippen LogP contribution in [0.25, 0.3) is 33.1 Å². The molecule has 0 aliphatic heterocycles. The molecule has 168 valence electrons. The lowest BCUT2D eigenvalue weighted by Crippen LogP contribution is -2.20. The summed E-state index contributed by atoms with van der Waals surface area (Å²) in [6.07, 6.45) is -0.558. The average Bonchev–Trinajstić information content (AvgIpc) is 3.08. The Bertz CT molecular complexity index is 1500. The number of benzene rings is 2. The number of halogens is 1. The van der Waals surface area contributed by atoms with Crippen LogP contribution in [0.3, 0.4) is 0 Å². The van der Waals surface area contributed by atoms with Gasteiger partial charge in [-0.15, -0.1) is 0 Å². The topological polar surface area (TPSA) is 87.4 Å². The summed E-state index contributed by atoms with van der Waals surface area (Å²) in [6.45, 7) is 1.66. The fraction of sp³-hybridized carbons (Fsp3) is 0.200. The van der Waals surface area contributed by atoms with Crippen molar-refractivity contribution in [1.82, 2.24) is 9.13 Å². The zero-order valence-electron chi connectivity index (χ0n) is 18.3. The number of aryl methyl sites for hydroxylation is 2. The summed E-state index contributed by atoms with van der Waals surface area (Å²) in [5.41, 5.74) is 3.05. The summed E-state index contributed by atoms with van der Waals surface area (Å²) in [5, 5.41) is 1.58. The number of hydrogen-bond acceptors (Lipinski definition) is 5. The van der Waals surface area contributed by atoms with Crippen molar-refractivity contribution < 1.29 is 19.1 Å². The van der Waals surface area contributed by atoms with Crippen LogP contribution in [-0.2, 0) is 28.4 Å². The minimum absolute atomic E-state index is 0.0696. The van der Waals surface area contributed by atoms with Crippen LogP contribution in [0.1, 0.15) is 23.7 Å². The van der Waals surface area contributed by atoms with E-state index in [4.69, 9.17) is 0 Å². The third-order valence-electron chi connectivity index (χ3n) is 5.65. The van der Waals surface area contributed by atoms with E-state index in [1.807, 2.05) is 41.9 Å². The Balaban J connectivity index is 1.85. The third kappa shape index (κ3) is 4.02. The van der Waals surface area contributed by atoms with Crippen molar-refractivity contribution in [2.24, 2.45) is 14.1 Å². The Morgan fingerprint density at radius 3 is 2.30 bits per heavy atom. The SMILES string of the molecule is CCOC(=O)C(=O)CC(=O)c1ccc2c(c1)c1cc(-c3ccc(Br)cc3)c(=O)n(C)c1n2C. The Morgan fingerprint density at radius 2 is 1.64 bits per heavy atom. The maximum atomic E-state index is 13.1. The van der Waals surface area contributed by atoms with Crippen LogP contribution < -0.4 is 5.56 Å². The smallest absolute Gasteiger partial charge is 0.375 e. The predicted octanol–water partition coefficient (Wildman–Crippen LogP) is 4.16. The summed E-state index contributed by atoms with van der Waals surface area (Å²) >= 11 is 3.41. The Hall–Kier alpha value is -3.52. The summed E-state index contributed by atoms with van der Waals surface area (Å²) in [7, 11) is 3.57. The Labute approximate surface area is 197 Å². The highest BCUT2D eigenvalue weighted by Crippen LogP contribution is 2.31. The van der Waals surface area contributed by atoms with Crippen molar-refractivity contribution in [3.8, 4) is 11.1 Å². The molecule has 2 aromatic heterocycles. The number of hydrogen-bond donors (Lipinski definition) is 0. The second-order valence-electron chi connectivity index (χ2n) is 7.70. The molecule has 2 heterocycles. The van der Waals surface area contributed by atoms with Gasteiger partial charge in [-0.25, -0.2) is 4.79 Å². The molecule has 0 bridgehead atoms. The van der Waals surface area contributed by atoms with E-state index >= 15 is 0 Å². The molecule has 0 fully saturated rings. The van der Waals surface area contributed by atoms with Gasteiger partial charge < -0.3 is 9.30 Å². The molecule has 0 aliphatic rings. The molecule has 0 spiro atoms. The molecule has 0 unspecified atom stereocenters. The van der Waals surface area contributed by atoms with Crippen LogP contribution in [0.4, 0.5) is 0 Å². The first-order valence-electron chi connectivity index (χ1n) is 10.3. The molecule has 0 N–H and O–H groups in total. The zero-order valence-corrected chi connectivity index (χ0v) is 19.9. The van der Waals surface area contributed by atoms with Crippen molar-refractivity contribution in [2.45, 2.75) is 13.3 Å². The van der Waals surface area contributed by atoms with Crippen molar-refractivity contribution in [3.05, 3.63) is 68.9 Å². The molecule has 0 aliphatic carbocycles. The largest absolute Gasteiger partial charge is 0.460 e. The van der Waals surface area contributed by atoms with Crippen LogP contribution in [-0.4, -0.2) is 33.3 Å². The van der Waals surface area contributed by atoms with Crippen molar-refractivity contribution in [1.29, 1.82) is 0 Å². The molecule has 7 nitrogen and oxygen atoms in total. The number of ketones is 2. The number of pyridine rings is 1. The van der Waals surface area contributed by atoms with Gasteiger partial charge in [0.2, 0.25) is 5.78 Å². The van der Waals surface area contributed by atoms with E-state index in [9.17, 15) is 19.2 Å². The fourth-order valence-electron chi connectivity index (χ4n) is 4.03. The molecule has 0 atom stereocenters. The van der Waals surface area contributed by atoms with Gasteiger partial charge in [-0.2, -0.15) is 0 Å². The third-order valence-corrected chi connectivity index (χ3v) is 6.18. The molecule has 0 radical (unpaired) electrons. The number of fused-ring (bicyclic) bond motifs is 3. The number of carbonyl (C=O) groups is 3. The molecule has 2 aromatic carbocycles. The van der Waals surface area contributed by atoms with Crippen LogP contribution in [0.2, 0.25) is 0 Å². The molecule has 33 heavy (non-hydrogen) atoms. The van der Waals surface area contributed by atoms with E-state index in [1.54, 1.807) is 36.7 Å². The number of ether oxygens (including phenoxy) is 1. The number of nitrogens with zero attached hydrogens (tertiary/aromatic N) is 2. The standard InChI is InChI=1S/C25H21BrN2O5/c1-4-33-25(32)22(30)13-21(29)15-7-10-20-18(11-15)19-12-17(14-5-8-16(26)9-6-14)24(31)28(3)23(19)27(20)2/h5-12H,4,13H2,1-3H3. The summed E-state index contributed by atoms with van der Waals surface area (Å²) in [5.74, 6) is -2.35. The maximum Gasteiger partial charge on any atom is 0.375 e. The van der Waals surface area contributed by atoms with Gasteiger partial charge in [0.25, 0.3) is 5.56 Å². The lowest BCUT2D eigenvalue weighted by atomic mass is 10.0. The lowest BCUT2D eigenvalue weighted by molar-refractivity contribution is -0.153. The van der Waals surface area contributed by atoms with Crippen molar-refractivity contribution >= 4 is 55.4 Å². The van der Waals surface area contributed by atoms with Crippen LogP contribution in [0.15, 0.2) is 57.8 Å². The first-order valence-corrected chi connectivity index (χ1v) is 11.1. The predicted molar refractivity (Wildman–Crippen MR) is 129 cm³/mol. The van der Waals surface area contributed by atoms with Gasteiger partial charge in [0.15, 0.2) is 5.78 Å². The molecule has 0 saturated carbocycles. The van der Waals surface area contributed by atoms with Gasteiger partial charge in [0.05, 0.1) is 18.5 Å². The molecular weight excluding hydrogens is 488 g/mol. The zero-order chi connectivity index (χ0) is 23.9. The summed E-state index contributed by atoms with van der Waals surface area (Å²) < 4.78 is 9.09. The molecule has 4 rings (SSSR count). The number of carbonyl (C=O) groups excluding carboxylic acids is 3. The molecule has 0 amide bonds. The summed E-state index contributed by atoms with van der Waals surface area (Å²) in [6, 6.07) is 14.4. The summed E-state index contributed by atoms with van der Waals surface area (Å²) in [4.78, 5) is 49.4. The van der Waals surface area contributed by atoms with Crippen molar-refractivity contribution in [2.75, 3.05) is 6.61 Å². The van der Waals surface area contributed by atoms with Crippen LogP contribution in [0, 0.1) is 0 Å². The number of Topliss-reactive ketones (excluding diaryl/α,β-unsaturated/α-hetero) is 2. The van der Waals surface area contributed by atoms with Crippen LogP contribution >= 0.6 is 15.9 Å². The highest BCUT2D eigenvalue weighted by Gasteiger charge is 2.22. The van der Waals surface area contributed by atoms with E-state index < -0.39 is 24.0 Å². The number of aromatic nitrogens is 2. The van der Waals surface area contributed by atoms with E-state index in [0.717, 1.165) is 26.3 Å². The molecule has 4 aromatic rings. The van der Waals surface area contributed by atoms with Gasteiger partial charge in [-0.05, 0) is 48.9 Å². The van der Waals surface area contributed by atoms with E-state index in [2.05, 4.69) is 20.7 Å². The second-order valence-corrected chi connectivity index (χ2v) is 8.62. The quantitative estimate of drug-likeness (QED) is 0.169. The van der Waals surface area contributed by atoms with Crippen molar-refractivity contribution in [3.63, 3.8) is 0 Å². The number of rotatable bonds is 6. The van der Waals surface area contributed by atoms with Gasteiger partial charge in [-0.1, -0.05) is 28.1 Å². The van der Waals surface area contributed by atoms with Crippen LogP contribution in [0.5, 0.6) is 0 Å². The maximum absolute atomic E-state index is 13.1. The monoisotopic (exact) mass is 508 g/mol. The highest BCUT2D eigenvalue weighted by atomic mass is 79.9. The molecule has 8 heteroatoms. The van der Waals surface area contributed by atoms with E-state index in [-0.39, 0.29) is 12.2 Å². The first-order chi connectivity index (χ1) is 15.7. The molecule has 0 saturated heterocycles. The fourth-order valence-corrected chi connectivity index (χ4v) is 4.30. The van der Waals surface area contributed by atoms with Gasteiger partial charge in [0.1, 0.15) is 5.65 Å². The normalized spacial score (nSPS) is 11.2. The average molecular weight is 509 g/mol. The minimum atomic E-state index is -1.01. The highest BCUT2D eigenvalue weighted by molar-refractivity contribution is 9.10. The lowest BCUT2D eigenvalue weighted by Gasteiger charge is -2.08. The first kappa shape index (κ1) is 22.7. The second kappa shape index (κ2) is 8.78. The Morgan fingerprint density at radius 1 is 0.939 bits per heavy atom. The van der Waals surface area contributed by atoms with Gasteiger partial charge >= 0.3 is 5.97 Å². The van der Waals surface area contributed by atoms with Gasteiger partial charge in [-0.3, -0.25) is 19.0 Å². The Kier molecular flexibility index (Phi) is 6.03. The van der Waals surface area contributed by atoms with E-state index in [0.29, 0.717) is 16.8 Å². The van der Waals surface area contributed by atoms with E-state index in [1.165, 1.54) is 0 Å². The van der Waals surface area contributed by atoms with Gasteiger partial charge in [0, 0.05) is 40.5 Å². The minimum Gasteiger partial charge on any atom is -0.460 e. The number of esters is 1. The molecular formula is C25H21BrN2O5.